The van der Waals surface area contributed by atoms with Crippen molar-refractivity contribution in [3.63, 3.8) is 0 Å². The summed E-state index contributed by atoms with van der Waals surface area (Å²) >= 11 is 3.25. The quantitative estimate of drug-likeness (QED) is 0.364. The van der Waals surface area contributed by atoms with Crippen molar-refractivity contribution in [2.45, 2.75) is 13.1 Å². The molecule has 0 aliphatic carbocycles. The Hall–Kier alpha value is -1.35. The smallest absolute Gasteiger partial charge is 0.191 e. The number of aliphatic imine (C=N–C) groups is 1. The van der Waals surface area contributed by atoms with Gasteiger partial charge in [0.05, 0.1) is 7.11 Å². The SMILES string of the molecule is CN=C(NCc1ccc(Br)cc1F)NCc1ccccc1OC.I. The molecule has 2 N–H and O–H groups in total. The number of methoxy groups -OCH3 is 1. The first-order chi connectivity index (χ1) is 11.1. The van der Waals surface area contributed by atoms with E-state index in [9.17, 15) is 4.39 Å². The second-order valence-electron chi connectivity index (χ2n) is 4.83. The summed E-state index contributed by atoms with van der Waals surface area (Å²) in [6.45, 7) is 0.914. The Morgan fingerprint density at radius 2 is 1.79 bits per heavy atom. The van der Waals surface area contributed by atoms with Crippen LogP contribution in [-0.4, -0.2) is 20.1 Å². The van der Waals surface area contributed by atoms with Crippen LogP contribution in [0.25, 0.3) is 0 Å². The molecule has 4 nitrogen and oxygen atoms in total. The van der Waals surface area contributed by atoms with Crippen molar-refractivity contribution in [2.24, 2.45) is 4.99 Å². The number of benzene rings is 2. The van der Waals surface area contributed by atoms with Crippen LogP contribution in [0, 0.1) is 5.82 Å². The zero-order valence-electron chi connectivity index (χ0n) is 13.5. The van der Waals surface area contributed by atoms with Gasteiger partial charge < -0.3 is 15.4 Å². The zero-order valence-corrected chi connectivity index (χ0v) is 17.4. The topological polar surface area (TPSA) is 45.7 Å². The van der Waals surface area contributed by atoms with Gasteiger partial charge >= 0.3 is 0 Å². The fourth-order valence-electron chi connectivity index (χ4n) is 2.09. The van der Waals surface area contributed by atoms with E-state index in [4.69, 9.17) is 4.74 Å². The van der Waals surface area contributed by atoms with E-state index >= 15 is 0 Å². The Morgan fingerprint density at radius 3 is 2.42 bits per heavy atom. The molecule has 0 radical (unpaired) electrons. The second kappa shape index (κ2) is 10.5. The standard InChI is InChI=1S/C17H19BrFN3O.HI/c1-20-17(21-10-12-7-8-14(18)9-15(12)19)22-11-13-5-3-4-6-16(13)23-2;/h3-9H,10-11H2,1-2H3,(H2,20,21,22);1H. The van der Waals surface area contributed by atoms with Crippen LogP contribution >= 0.6 is 39.9 Å². The lowest BCUT2D eigenvalue weighted by molar-refractivity contribution is 0.409. The van der Waals surface area contributed by atoms with Crippen LogP contribution in [0.5, 0.6) is 5.75 Å². The van der Waals surface area contributed by atoms with Gasteiger partial charge in [-0.2, -0.15) is 0 Å². The normalized spacial score (nSPS) is 10.8. The van der Waals surface area contributed by atoms with Gasteiger partial charge in [0.25, 0.3) is 0 Å². The molecule has 0 saturated carbocycles. The minimum Gasteiger partial charge on any atom is -0.496 e. The molecular formula is C17H20BrFIN3O. The lowest BCUT2D eigenvalue weighted by Gasteiger charge is -2.14. The van der Waals surface area contributed by atoms with Crippen LogP contribution < -0.4 is 15.4 Å². The highest BCUT2D eigenvalue weighted by Crippen LogP contribution is 2.17. The van der Waals surface area contributed by atoms with E-state index in [0.717, 1.165) is 15.8 Å². The highest BCUT2D eigenvalue weighted by molar-refractivity contribution is 14.0. The van der Waals surface area contributed by atoms with E-state index in [0.29, 0.717) is 24.6 Å². The molecule has 0 atom stereocenters. The molecule has 0 saturated heterocycles. The van der Waals surface area contributed by atoms with Crippen molar-refractivity contribution >= 4 is 45.9 Å². The average Bonchev–Trinajstić information content (AvgIpc) is 2.56. The number of guanidine groups is 1. The number of halogens is 3. The van der Waals surface area contributed by atoms with Gasteiger partial charge in [-0.05, 0) is 18.2 Å². The Kier molecular flexibility index (Phi) is 9.05. The zero-order chi connectivity index (χ0) is 16.7. The van der Waals surface area contributed by atoms with Gasteiger partial charge in [0.2, 0.25) is 0 Å². The molecule has 7 heteroatoms. The first-order valence-electron chi connectivity index (χ1n) is 7.14. The number of hydrogen-bond acceptors (Lipinski definition) is 2. The molecule has 0 aliphatic rings. The van der Waals surface area contributed by atoms with Gasteiger partial charge in [0, 0.05) is 35.7 Å². The van der Waals surface area contributed by atoms with Gasteiger partial charge in [-0.1, -0.05) is 40.2 Å². The number of nitrogens with zero attached hydrogens (tertiary/aromatic N) is 1. The molecule has 2 aromatic carbocycles. The Balaban J connectivity index is 0.00000288. The van der Waals surface area contributed by atoms with Crippen LogP contribution in [-0.2, 0) is 13.1 Å². The van der Waals surface area contributed by atoms with Crippen LogP contribution in [0.1, 0.15) is 11.1 Å². The summed E-state index contributed by atoms with van der Waals surface area (Å²) in [7, 11) is 3.32. The number of nitrogens with one attached hydrogen (secondary N) is 2. The molecule has 0 heterocycles. The molecule has 0 aromatic heterocycles. The van der Waals surface area contributed by atoms with Crippen molar-refractivity contribution in [1.82, 2.24) is 10.6 Å². The Labute approximate surface area is 167 Å². The second-order valence-corrected chi connectivity index (χ2v) is 5.74. The summed E-state index contributed by atoms with van der Waals surface area (Å²) < 4.78 is 19.8. The number of hydrogen-bond donors (Lipinski definition) is 2. The summed E-state index contributed by atoms with van der Waals surface area (Å²) in [6.07, 6.45) is 0. The van der Waals surface area contributed by atoms with E-state index in [-0.39, 0.29) is 29.8 Å². The van der Waals surface area contributed by atoms with E-state index in [1.54, 1.807) is 20.2 Å². The third-order valence-corrected chi connectivity index (χ3v) is 3.82. The predicted octanol–water partition coefficient (Wildman–Crippen LogP) is 4.08. The molecule has 0 spiro atoms. The van der Waals surface area contributed by atoms with Gasteiger partial charge in [0.1, 0.15) is 11.6 Å². The maximum atomic E-state index is 13.8. The van der Waals surface area contributed by atoms with E-state index in [1.165, 1.54) is 6.07 Å². The molecule has 0 amide bonds. The van der Waals surface area contributed by atoms with E-state index in [2.05, 4.69) is 31.6 Å². The van der Waals surface area contributed by atoms with Gasteiger partial charge in [0.15, 0.2) is 5.96 Å². The van der Waals surface area contributed by atoms with Crippen molar-refractivity contribution in [2.75, 3.05) is 14.2 Å². The maximum absolute atomic E-state index is 13.8. The molecule has 24 heavy (non-hydrogen) atoms. The van der Waals surface area contributed by atoms with Gasteiger partial charge in [-0.25, -0.2) is 4.39 Å². The molecule has 2 rings (SSSR count). The Bertz CT molecular complexity index is 697. The van der Waals surface area contributed by atoms with Crippen LogP contribution in [0.4, 0.5) is 4.39 Å². The van der Waals surface area contributed by atoms with Crippen molar-refractivity contribution < 1.29 is 9.13 Å². The molecule has 0 fully saturated rings. The summed E-state index contributed by atoms with van der Waals surface area (Å²) in [5.41, 5.74) is 1.60. The monoisotopic (exact) mass is 507 g/mol. The molecule has 0 aliphatic heterocycles. The number of ether oxygens (including phenoxy) is 1. The lowest BCUT2D eigenvalue weighted by Crippen LogP contribution is -2.36. The minimum absolute atomic E-state index is 0. The first kappa shape index (κ1) is 20.7. The highest BCUT2D eigenvalue weighted by atomic mass is 127. The summed E-state index contributed by atoms with van der Waals surface area (Å²) in [4.78, 5) is 4.14. The molecule has 0 bridgehead atoms. The molecule has 130 valence electrons. The predicted molar refractivity (Wildman–Crippen MR) is 110 cm³/mol. The van der Waals surface area contributed by atoms with Gasteiger partial charge in [-0.3, -0.25) is 4.99 Å². The first-order valence-corrected chi connectivity index (χ1v) is 7.93. The molecular weight excluding hydrogens is 488 g/mol. The highest BCUT2D eigenvalue weighted by Gasteiger charge is 2.06. The summed E-state index contributed by atoms with van der Waals surface area (Å²) in [5, 5.41) is 6.29. The largest absolute Gasteiger partial charge is 0.496 e. The maximum Gasteiger partial charge on any atom is 0.191 e. The van der Waals surface area contributed by atoms with Crippen LogP contribution in [0.2, 0.25) is 0 Å². The summed E-state index contributed by atoms with van der Waals surface area (Å²) in [6, 6.07) is 12.8. The molecule has 0 unspecified atom stereocenters. The van der Waals surface area contributed by atoms with E-state index < -0.39 is 0 Å². The van der Waals surface area contributed by atoms with Crippen LogP contribution in [0.3, 0.4) is 0 Å². The lowest BCUT2D eigenvalue weighted by atomic mass is 10.2. The third kappa shape index (κ3) is 5.94. The minimum atomic E-state index is -0.257. The number of rotatable bonds is 5. The van der Waals surface area contributed by atoms with Crippen molar-refractivity contribution in [3.05, 3.63) is 63.9 Å². The summed E-state index contributed by atoms with van der Waals surface area (Å²) in [5.74, 6) is 1.15. The van der Waals surface area contributed by atoms with Gasteiger partial charge in [-0.15, -0.1) is 24.0 Å². The van der Waals surface area contributed by atoms with Crippen molar-refractivity contribution in [1.29, 1.82) is 0 Å². The van der Waals surface area contributed by atoms with Crippen LogP contribution in [0.15, 0.2) is 51.9 Å². The average molecular weight is 508 g/mol. The fraction of sp³-hybridized carbons (Fsp3) is 0.235. The fourth-order valence-corrected chi connectivity index (χ4v) is 2.43. The van der Waals surface area contributed by atoms with Crippen molar-refractivity contribution in [3.8, 4) is 5.75 Å². The molecule has 2 aromatic rings. The Morgan fingerprint density at radius 1 is 1.12 bits per heavy atom. The number of para-hydroxylation sites is 1. The third-order valence-electron chi connectivity index (χ3n) is 3.32. The van der Waals surface area contributed by atoms with E-state index in [1.807, 2.05) is 30.3 Å².